The zero-order chi connectivity index (χ0) is 16.8. The minimum Gasteiger partial charge on any atom is -0.351 e. The van der Waals surface area contributed by atoms with Crippen LogP contribution in [0.5, 0.6) is 0 Å². The smallest absolute Gasteiger partial charge is 0.278 e. The molecular formula is C17H21N3O3. The Labute approximate surface area is 135 Å². The predicted molar refractivity (Wildman–Crippen MR) is 89.8 cm³/mol. The predicted octanol–water partition coefficient (Wildman–Crippen LogP) is 2.77. The van der Waals surface area contributed by atoms with Crippen LogP contribution in [-0.4, -0.2) is 41.9 Å². The van der Waals surface area contributed by atoms with Gasteiger partial charge in [0.05, 0.1) is 16.1 Å². The van der Waals surface area contributed by atoms with Crippen molar-refractivity contribution in [3.63, 3.8) is 0 Å². The highest BCUT2D eigenvalue weighted by Gasteiger charge is 2.26. The van der Waals surface area contributed by atoms with Gasteiger partial charge in [0.1, 0.15) is 0 Å². The van der Waals surface area contributed by atoms with Gasteiger partial charge in [-0.25, -0.2) is 0 Å². The summed E-state index contributed by atoms with van der Waals surface area (Å²) < 4.78 is 0. The molecular weight excluding hydrogens is 294 g/mol. The minimum absolute atomic E-state index is 0.0370. The van der Waals surface area contributed by atoms with Crippen molar-refractivity contribution in [1.82, 2.24) is 10.2 Å². The summed E-state index contributed by atoms with van der Waals surface area (Å²) in [6, 6.07) is 10.1. The molecule has 23 heavy (non-hydrogen) atoms. The number of amides is 1. The van der Waals surface area contributed by atoms with E-state index < -0.39 is 4.92 Å². The fourth-order valence-electron chi connectivity index (χ4n) is 2.60. The van der Waals surface area contributed by atoms with Gasteiger partial charge in [0, 0.05) is 24.7 Å². The molecule has 0 saturated carbocycles. The van der Waals surface area contributed by atoms with E-state index in [1.165, 1.54) is 6.07 Å². The summed E-state index contributed by atoms with van der Waals surface area (Å²) in [6.45, 7) is 7.26. The van der Waals surface area contributed by atoms with Crippen LogP contribution in [-0.2, 0) is 0 Å². The molecule has 2 rings (SSSR count). The van der Waals surface area contributed by atoms with E-state index >= 15 is 0 Å². The summed E-state index contributed by atoms with van der Waals surface area (Å²) in [5, 5.41) is 14.1. The van der Waals surface area contributed by atoms with Gasteiger partial charge >= 0.3 is 0 Å². The average molecular weight is 315 g/mol. The largest absolute Gasteiger partial charge is 0.351 e. The first-order valence-electron chi connectivity index (χ1n) is 7.75. The molecule has 6 heteroatoms. The third-order valence-corrected chi connectivity index (χ3v) is 3.93. The zero-order valence-electron chi connectivity index (χ0n) is 13.4. The number of hydrogen-bond acceptors (Lipinski definition) is 4. The lowest BCUT2D eigenvalue weighted by Gasteiger charge is -2.17. The lowest BCUT2D eigenvalue weighted by Crippen LogP contribution is -2.34. The molecule has 0 fully saturated rings. The number of nitrogens with zero attached hydrogens (tertiary/aromatic N) is 2. The average Bonchev–Trinajstić information content (AvgIpc) is 2.73. The molecule has 0 aromatic carbocycles. The summed E-state index contributed by atoms with van der Waals surface area (Å²) in [6.07, 6.45) is 0. The molecule has 0 aliphatic heterocycles. The van der Waals surface area contributed by atoms with Crippen molar-refractivity contribution < 1.29 is 9.72 Å². The highest BCUT2D eigenvalue weighted by atomic mass is 16.6. The monoisotopic (exact) mass is 315 g/mol. The first kappa shape index (κ1) is 16.9. The third kappa shape index (κ3) is 3.84. The number of hydrogen-bond donors (Lipinski definition) is 1. The number of nitrogens with one attached hydrogen (secondary N) is 1. The number of carbonyl (C=O) groups is 1. The van der Waals surface area contributed by atoms with Crippen LogP contribution in [0.3, 0.4) is 0 Å². The van der Waals surface area contributed by atoms with Gasteiger partial charge in [-0.05, 0) is 19.2 Å². The van der Waals surface area contributed by atoms with Crippen LogP contribution >= 0.6 is 0 Å². The fraction of sp³-hybridized carbons (Fsp3) is 0.353. The first-order valence-corrected chi connectivity index (χ1v) is 7.75. The number of likely N-dealkylation sites (N-methyl/N-ethyl adjacent to an activating group) is 1. The van der Waals surface area contributed by atoms with Crippen molar-refractivity contribution in [3.8, 4) is 11.1 Å². The second-order valence-electron chi connectivity index (χ2n) is 5.22. The van der Waals surface area contributed by atoms with Gasteiger partial charge in [-0.15, -0.1) is 0 Å². The molecule has 1 amide bonds. The maximum absolute atomic E-state index is 12.4. The van der Waals surface area contributed by atoms with Crippen molar-refractivity contribution in [3.05, 3.63) is 52.1 Å². The zero-order valence-corrected chi connectivity index (χ0v) is 13.4. The van der Waals surface area contributed by atoms with E-state index in [0.717, 1.165) is 19.6 Å². The molecule has 0 aromatic rings. The number of rotatable bonds is 7. The van der Waals surface area contributed by atoms with Gasteiger partial charge in [0.15, 0.2) is 0 Å². The molecule has 6 nitrogen and oxygen atoms in total. The van der Waals surface area contributed by atoms with E-state index in [-0.39, 0.29) is 11.6 Å². The number of nitro groups is 1. The van der Waals surface area contributed by atoms with Crippen LogP contribution in [0.25, 0.3) is 11.1 Å². The Hall–Kier alpha value is -2.47. The summed E-state index contributed by atoms with van der Waals surface area (Å²) >= 11 is 0. The molecule has 0 unspecified atom stereocenters. The van der Waals surface area contributed by atoms with Gasteiger partial charge in [-0.1, -0.05) is 38.1 Å². The van der Waals surface area contributed by atoms with E-state index in [1.54, 1.807) is 30.3 Å². The maximum Gasteiger partial charge on any atom is 0.278 e. The van der Waals surface area contributed by atoms with Crippen LogP contribution in [0.15, 0.2) is 36.4 Å². The summed E-state index contributed by atoms with van der Waals surface area (Å²) in [5.74, 6) is -0.276. The highest BCUT2D eigenvalue weighted by molar-refractivity contribution is 6.04. The Morgan fingerprint density at radius 3 is 2.43 bits per heavy atom. The van der Waals surface area contributed by atoms with Crippen LogP contribution in [0.1, 0.15) is 24.2 Å². The highest BCUT2D eigenvalue weighted by Crippen LogP contribution is 2.36. The molecule has 0 spiro atoms. The van der Waals surface area contributed by atoms with Gasteiger partial charge < -0.3 is 10.2 Å². The van der Waals surface area contributed by atoms with E-state index in [4.69, 9.17) is 0 Å². The Bertz CT molecular complexity index is 668. The SMILES string of the molecule is CCN(CC)CCNC(=O)c1cc([N+](=O)[O-])c2cccccc1-2. The number of fused-ring (bicyclic) bond motifs is 1. The summed E-state index contributed by atoms with van der Waals surface area (Å²) in [4.78, 5) is 25.4. The lowest BCUT2D eigenvalue weighted by atomic mass is 10.1. The molecule has 0 atom stereocenters. The van der Waals surface area contributed by atoms with Crippen LogP contribution in [0.4, 0.5) is 5.69 Å². The molecule has 0 bridgehead atoms. The van der Waals surface area contributed by atoms with Crippen molar-refractivity contribution in [2.75, 3.05) is 26.2 Å². The van der Waals surface area contributed by atoms with Gasteiger partial charge in [-0.3, -0.25) is 14.9 Å². The first-order chi connectivity index (χ1) is 11.1. The van der Waals surface area contributed by atoms with Crippen molar-refractivity contribution in [2.24, 2.45) is 0 Å². The molecule has 0 radical (unpaired) electrons. The molecule has 0 aromatic heterocycles. The Morgan fingerprint density at radius 2 is 1.83 bits per heavy atom. The third-order valence-electron chi connectivity index (χ3n) is 3.93. The quantitative estimate of drug-likeness (QED) is 0.629. The maximum atomic E-state index is 12.4. The summed E-state index contributed by atoms with van der Waals surface area (Å²) in [7, 11) is 0. The normalized spacial score (nSPS) is 10.9. The molecule has 0 saturated heterocycles. The van der Waals surface area contributed by atoms with E-state index in [1.807, 2.05) is 0 Å². The Balaban J connectivity index is 2.20. The van der Waals surface area contributed by atoms with Crippen LogP contribution in [0.2, 0.25) is 0 Å². The lowest BCUT2D eigenvalue weighted by molar-refractivity contribution is -0.383. The molecule has 1 N–H and O–H groups in total. The second-order valence-corrected chi connectivity index (χ2v) is 5.22. The van der Waals surface area contributed by atoms with E-state index in [0.29, 0.717) is 23.2 Å². The van der Waals surface area contributed by atoms with Crippen molar-refractivity contribution in [1.29, 1.82) is 0 Å². The van der Waals surface area contributed by atoms with Crippen LogP contribution in [0, 0.1) is 10.1 Å². The van der Waals surface area contributed by atoms with E-state index in [9.17, 15) is 14.9 Å². The van der Waals surface area contributed by atoms with Gasteiger partial charge in [0.2, 0.25) is 0 Å². The topological polar surface area (TPSA) is 75.5 Å². The Morgan fingerprint density at radius 1 is 1.17 bits per heavy atom. The van der Waals surface area contributed by atoms with Crippen LogP contribution < -0.4 is 5.32 Å². The van der Waals surface area contributed by atoms with E-state index in [2.05, 4.69) is 24.1 Å². The van der Waals surface area contributed by atoms with Crippen molar-refractivity contribution >= 4 is 11.6 Å². The standard InChI is InChI=1S/C17H21N3O3/c1-3-19(4-2)11-10-18-17(21)15-12-16(20(22)23)14-9-7-5-6-8-13(14)15/h5-9,12H,3-4,10-11H2,1-2H3,(H,18,21). The Kier molecular flexibility index (Phi) is 5.65. The second kappa shape index (κ2) is 7.69. The fourth-order valence-corrected chi connectivity index (χ4v) is 2.60. The number of carbonyl (C=O) groups excluding carboxylic acids is 1. The molecule has 2 aliphatic carbocycles. The minimum atomic E-state index is -0.449. The van der Waals surface area contributed by atoms with Crippen molar-refractivity contribution in [2.45, 2.75) is 13.8 Å². The summed E-state index contributed by atoms with van der Waals surface area (Å²) in [5.41, 5.74) is 1.39. The van der Waals surface area contributed by atoms with Gasteiger partial charge in [0.25, 0.3) is 11.6 Å². The van der Waals surface area contributed by atoms with Gasteiger partial charge in [-0.2, -0.15) is 0 Å². The molecule has 0 heterocycles. The molecule has 2 aliphatic rings. The molecule has 122 valence electrons.